The van der Waals surface area contributed by atoms with E-state index in [-0.39, 0.29) is 11.4 Å². The highest BCUT2D eigenvalue weighted by atomic mass is 19.1. The monoisotopic (exact) mass is 410 g/mol. The lowest BCUT2D eigenvalue weighted by atomic mass is 10.1. The molecule has 1 amide bonds. The molecule has 0 unspecified atom stereocenters. The van der Waals surface area contributed by atoms with Crippen molar-refractivity contribution in [3.8, 4) is 0 Å². The second-order valence-corrected chi connectivity index (χ2v) is 8.24. The zero-order valence-electron chi connectivity index (χ0n) is 17.0. The van der Waals surface area contributed by atoms with Gasteiger partial charge in [0.15, 0.2) is 0 Å². The topological polar surface area (TPSA) is 87.4 Å². The molecule has 1 N–H and O–H groups in total. The van der Waals surface area contributed by atoms with Crippen LogP contribution in [0.1, 0.15) is 35.9 Å². The predicted molar refractivity (Wildman–Crippen MR) is 110 cm³/mol. The molecule has 1 saturated heterocycles. The van der Waals surface area contributed by atoms with Gasteiger partial charge in [-0.3, -0.25) is 4.79 Å². The minimum Gasteiger partial charge on any atom is -0.442 e. The van der Waals surface area contributed by atoms with Crippen molar-refractivity contribution in [2.75, 3.05) is 36.4 Å². The third kappa shape index (κ3) is 3.34. The summed E-state index contributed by atoms with van der Waals surface area (Å²) in [5, 5.41) is 4.09. The first-order valence-corrected chi connectivity index (χ1v) is 10.1. The van der Waals surface area contributed by atoms with E-state index in [0.29, 0.717) is 54.4 Å². The van der Waals surface area contributed by atoms with Crippen LogP contribution in [0.25, 0.3) is 11.1 Å². The highest BCUT2D eigenvalue weighted by molar-refractivity contribution is 6.10. The number of piperazine rings is 1. The number of fused-ring (bicyclic) bond motifs is 1. The summed E-state index contributed by atoms with van der Waals surface area (Å²) in [4.78, 5) is 29.5. The molecule has 8 nitrogen and oxygen atoms in total. The van der Waals surface area contributed by atoms with E-state index in [2.05, 4.69) is 32.1 Å². The predicted octanol–water partition coefficient (Wildman–Crippen LogP) is 2.99. The van der Waals surface area contributed by atoms with Crippen molar-refractivity contribution in [2.24, 2.45) is 0 Å². The van der Waals surface area contributed by atoms with E-state index in [1.54, 1.807) is 17.9 Å². The second-order valence-electron chi connectivity index (χ2n) is 8.24. The van der Waals surface area contributed by atoms with Gasteiger partial charge in [-0.2, -0.15) is 4.39 Å². The van der Waals surface area contributed by atoms with Crippen molar-refractivity contribution in [1.82, 2.24) is 19.9 Å². The summed E-state index contributed by atoms with van der Waals surface area (Å²) in [6.45, 7) is 6.21. The van der Waals surface area contributed by atoms with Gasteiger partial charge in [0.25, 0.3) is 5.91 Å². The third-order valence-electron chi connectivity index (χ3n) is 5.94. The number of nitrogens with zero attached hydrogens (tertiary/aromatic N) is 5. The number of furan rings is 1. The van der Waals surface area contributed by atoms with Crippen LogP contribution in [0.15, 0.2) is 29.1 Å². The van der Waals surface area contributed by atoms with E-state index in [1.165, 1.54) is 18.6 Å². The number of hydrogen-bond acceptors (Lipinski definition) is 7. The molecule has 1 saturated carbocycles. The first-order valence-electron chi connectivity index (χ1n) is 10.1. The van der Waals surface area contributed by atoms with Gasteiger partial charge < -0.3 is 19.5 Å². The summed E-state index contributed by atoms with van der Waals surface area (Å²) < 4.78 is 19.2. The maximum Gasteiger partial charge on any atom is 0.258 e. The summed E-state index contributed by atoms with van der Waals surface area (Å²) in [5.74, 6) is 0.589. The van der Waals surface area contributed by atoms with Crippen LogP contribution in [0.2, 0.25) is 0 Å². The average Bonchev–Trinajstić information content (AvgIpc) is 3.36. The van der Waals surface area contributed by atoms with E-state index < -0.39 is 5.95 Å². The lowest BCUT2D eigenvalue weighted by Gasteiger charge is -2.36. The lowest BCUT2D eigenvalue weighted by Crippen LogP contribution is -2.49. The van der Waals surface area contributed by atoms with Gasteiger partial charge in [-0.1, -0.05) is 0 Å². The van der Waals surface area contributed by atoms with Crippen LogP contribution in [-0.4, -0.2) is 57.5 Å². The first-order chi connectivity index (χ1) is 14.4. The van der Waals surface area contributed by atoms with Gasteiger partial charge in [0, 0.05) is 49.7 Å². The van der Waals surface area contributed by atoms with Crippen molar-refractivity contribution < 1.29 is 13.6 Å². The SMILES string of the molecule is Cc1oc2ncnc(NC3(C)CC3)c2c1C(=O)N1CCN(c2ccnc(F)c2)CC1. The highest BCUT2D eigenvalue weighted by Crippen LogP contribution is 2.40. The van der Waals surface area contributed by atoms with E-state index in [0.717, 1.165) is 18.5 Å². The van der Waals surface area contributed by atoms with Crippen LogP contribution in [-0.2, 0) is 0 Å². The molecule has 0 bridgehead atoms. The zero-order chi connectivity index (χ0) is 20.9. The molecule has 3 aromatic heterocycles. The molecule has 0 radical (unpaired) electrons. The van der Waals surface area contributed by atoms with E-state index >= 15 is 0 Å². The standard InChI is InChI=1S/C21H23FN6O2/c1-13-16(17-18(26-21(2)4-5-21)24-12-25-19(17)30-13)20(29)28-9-7-27(8-10-28)14-3-6-23-15(22)11-14/h3,6,11-12H,4-5,7-10H2,1-2H3,(H,24,25,26). The molecule has 1 aliphatic carbocycles. The van der Waals surface area contributed by atoms with Crippen LogP contribution < -0.4 is 10.2 Å². The Labute approximate surface area is 173 Å². The smallest absolute Gasteiger partial charge is 0.258 e. The van der Waals surface area contributed by atoms with Crippen LogP contribution in [0.3, 0.4) is 0 Å². The maximum absolute atomic E-state index is 13.4. The molecule has 9 heteroatoms. The van der Waals surface area contributed by atoms with Gasteiger partial charge in [0.1, 0.15) is 17.9 Å². The Bertz CT molecular complexity index is 1120. The van der Waals surface area contributed by atoms with Gasteiger partial charge in [0.2, 0.25) is 11.7 Å². The Morgan fingerprint density at radius 3 is 2.67 bits per heavy atom. The van der Waals surface area contributed by atoms with E-state index in [1.807, 2.05) is 0 Å². The number of aryl methyl sites for hydroxylation is 1. The van der Waals surface area contributed by atoms with Gasteiger partial charge in [-0.05, 0) is 32.8 Å². The Morgan fingerprint density at radius 2 is 1.97 bits per heavy atom. The largest absolute Gasteiger partial charge is 0.442 e. The summed E-state index contributed by atoms with van der Waals surface area (Å²) >= 11 is 0. The molecule has 1 aliphatic heterocycles. The van der Waals surface area contributed by atoms with Crippen molar-refractivity contribution in [2.45, 2.75) is 32.2 Å². The molecule has 0 atom stereocenters. The number of hydrogen-bond donors (Lipinski definition) is 1. The molecule has 5 rings (SSSR count). The fourth-order valence-corrected chi connectivity index (χ4v) is 3.91. The summed E-state index contributed by atoms with van der Waals surface area (Å²) in [7, 11) is 0. The normalized spacial score (nSPS) is 18.0. The molecule has 30 heavy (non-hydrogen) atoms. The van der Waals surface area contributed by atoms with Gasteiger partial charge in [-0.25, -0.2) is 15.0 Å². The van der Waals surface area contributed by atoms with Crippen molar-refractivity contribution in [3.05, 3.63) is 41.9 Å². The van der Waals surface area contributed by atoms with Crippen LogP contribution in [0.4, 0.5) is 15.9 Å². The Kier molecular flexibility index (Phi) is 4.34. The fraction of sp³-hybridized carbons (Fsp3) is 0.429. The number of halogens is 1. The first kappa shape index (κ1) is 18.8. The van der Waals surface area contributed by atoms with Crippen molar-refractivity contribution >= 4 is 28.5 Å². The van der Waals surface area contributed by atoms with E-state index in [4.69, 9.17) is 4.42 Å². The van der Waals surface area contributed by atoms with Crippen molar-refractivity contribution in [1.29, 1.82) is 0 Å². The quantitative estimate of drug-likeness (QED) is 0.662. The zero-order valence-corrected chi connectivity index (χ0v) is 17.0. The number of aromatic nitrogens is 3. The number of anilines is 2. The molecule has 2 aliphatic rings. The third-order valence-corrected chi connectivity index (χ3v) is 5.94. The molecular weight excluding hydrogens is 387 g/mol. The van der Waals surface area contributed by atoms with Gasteiger partial charge >= 0.3 is 0 Å². The van der Waals surface area contributed by atoms with Crippen molar-refractivity contribution in [3.63, 3.8) is 0 Å². The highest BCUT2D eigenvalue weighted by Gasteiger charge is 2.39. The Morgan fingerprint density at radius 1 is 1.20 bits per heavy atom. The number of rotatable bonds is 4. The van der Waals surface area contributed by atoms with Crippen LogP contribution in [0.5, 0.6) is 0 Å². The van der Waals surface area contributed by atoms with Crippen LogP contribution in [0, 0.1) is 12.9 Å². The Hall–Kier alpha value is -3.23. The van der Waals surface area contributed by atoms with Gasteiger partial charge in [-0.15, -0.1) is 0 Å². The summed E-state index contributed by atoms with van der Waals surface area (Å²) in [6.07, 6.45) is 5.05. The lowest BCUT2D eigenvalue weighted by molar-refractivity contribution is 0.0746. The second kappa shape index (κ2) is 6.93. The molecule has 0 aromatic carbocycles. The minimum atomic E-state index is -0.504. The average molecular weight is 410 g/mol. The molecule has 2 fully saturated rings. The number of carbonyl (C=O) groups is 1. The van der Waals surface area contributed by atoms with Crippen LogP contribution >= 0.6 is 0 Å². The van der Waals surface area contributed by atoms with Gasteiger partial charge in [0.05, 0.1) is 10.9 Å². The number of nitrogens with one attached hydrogen (secondary N) is 1. The maximum atomic E-state index is 13.4. The minimum absolute atomic E-state index is 0.0121. The molecule has 3 aromatic rings. The summed E-state index contributed by atoms with van der Waals surface area (Å²) in [5.41, 5.74) is 1.72. The molecule has 156 valence electrons. The molecule has 4 heterocycles. The summed E-state index contributed by atoms with van der Waals surface area (Å²) in [6, 6.07) is 3.20. The number of pyridine rings is 1. The number of carbonyl (C=O) groups excluding carboxylic acids is 1. The molecular formula is C21H23FN6O2. The van der Waals surface area contributed by atoms with E-state index in [9.17, 15) is 9.18 Å². The Balaban J connectivity index is 1.39. The number of amides is 1. The molecule has 0 spiro atoms. The fourth-order valence-electron chi connectivity index (χ4n) is 3.91.